The van der Waals surface area contributed by atoms with E-state index >= 15 is 0 Å². The first kappa shape index (κ1) is 11.9. The maximum absolute atomic E-state index is 11.5. The summed E-state index contributed by atoms with van der Waals surface area (Å²) >= 11 is 0. The van der Waals surface area contributed by atoms with Gasteiger partial charge in [0.2, 0.25) is 5.95 Å². The van der Waals surface area contributed by atoms with Crippen molar-refractivity contribution in [1.29, 1.82) is 0 Å². The third-order valence-corrected chi connectivity index (χ3v) is 2.18. The van der Waals surface area contributed by atoms with Gasteiger partial charge in [-0.05, 0) is 17.7 Å². The number of carbonyl (C=O) groups is 1. The molecule has 3 N–H and O–H groups in total. The Hall–Kier alpha value is -2.57. The van der Waals surface area contributed by atoms with Gasteiger partial charge in [-0.15, -0.1) is 5.10 Å². The molecule has 2 rings (SSSR count). The van der Waals surface area contributed by atoms with Crippen molar-refractivity contribution >= 4 is 11.9 Å². The minimum atomic E-state index is -0.437. The highest BCUT2D eigenvalue weighted by molar-refractivity contribution is 5.69. The van der Waals surface area contributed by atoms with Crippen LogP contribution in [0.25, 0.3) is 0 Å². The number of esters is 1. The van der Waals surface area contributed by atoms with Gasteiger partial charge in [-0.25, -0.2) is 9.67 Å². The van der Waals surface area contributed by atoms with Gasteiger partial charge < -0.3 is 15.6 Å². The number of phenols is 1. The van der Waals surface area contributed by atoms with Crippen molar-refractivity contribution in [2.45, 2.75) is 13.2 Å². The second kappa shape index (κ2) is 5.17. The number of benzene rings is 1. The van der Waals surface area contributed by atoms with Gasteiger partial charge in [0.1, 0.15) is 25.2 Å². The van der Waals surface area contributed by atoms with Crippen molar-refractivity contribution < 1.29 is 14.6 Å². The number of aromatic hydroxyl groups is 1. The van der Waals surface area contributed by atoms with Crippen LogP contribution in [0.5, 0.6) is 5.75 Å². The van der Waals surface area contributed by atoms with E-state index in [0.29, 0.717) is 0 Å². The second-order valence-corrected chi connectivity index (χ2v) is 3.63. The first-order chi connectivity index (χ1) is 8.63. The maximum Gasteiger partial charge on any atom is 0.328 e. The lowest BCUT2D eigenvalue weighted by Crippen LogP contribution is -2.14. The molecule has 1 aromatic heterocycles. The van der Waals surface area contributed by atoms with Gasteiger partial charge in [-0.1, -0.05) is 12.1 Å². The van der Waals surface area contributed by atoms with Crippen LogP contribution in [0.2, 0.25) is 0 Å². The fraction of sp³-hybridized carbons (Fsp3) is 0.182. The molecular formula is C11H12N4O3. The number of ether oxygens (including phenoxy) is 1. The number of anilines is 1. The zero-order chi connectivity index (χ0) is 13.0. The Balaban J connectivity index is 1.83. The van der Waals surface area contributed by atoms with Gasteiger partial charge in [-0.2, -0.15) is 0 Å². The number of carbonyl (C=O) groups excluding carboxylic acids is 1. The van der Waals surface area contributed by atoms with E-state index in [0.717, 1.165) is 5.56 Å². The summed E-state index contributed by atoms with van der Waals surface area (Å²) < 4.78 is 6.33. The predicted octanol–water partition coefficient (Wildman–Crippen LogP) is 0.309. The molecule has 1 heterocycles. The standard InChI is InChI=1S/C11H12N4O3/c12-11-13-7-15(14-11)5-10(17)18-6-8-1-3-9(16)4-2-8/h1-4,7,16H,5-6H2,(H2,12,14). The first-order valence-electron chi connectivity index (χ1n) is 5.22. The molecule has 0 spiro atoms. The van der Waals surface area contributed by atoms with Gasteiger partial charge in [0, 0.05) is 0 Å². The molecular weight excluding hydrogens is 236 g/mol. The molecule has 0 radical (unpaired) electrons. The molecule has 0 saturated heterocycles. The summed E-state index contributed by atoms with van der Waals surface area (Å²) in [6.07, 6.45) is 1.36. The number of nitrogen functional groups attached to an aromatic ring is 1. The zero-order valence-electron chi connectivity index (χ0n) is 9.48. The SMILES string of the molecule is Nc1ncn(CC(=O)OCc2ccc(O)cc2)n1. The number of hydrogen-bond donors (Lipinski definition) is 2. The lowest BCUT2D eigenvalue weighted by molar-refractivity contribution is -0.145. The van der Waals surface area contributed by atoms with Gasteiger partial charge in [0.05, 0.1) is 0 Å². The highest BCUT2D eigenvalue weighted by Gasteiger charge is 2.06. The lowest BCUT2D eigenvalue weighted by Gasteiger charge is -2.04. The molecule has 0 fully saturated rings. The number of nitrogens with two attached hydrogens (primary N) is 1. The Kier molecular flexibility index (Phi) is 3.42. The lowest BCUT2D eigenvalue weighted by atomic mass is 10.2. The largest absolute Gasteiger partial charge is 0.508 e. The van der Waals surface area contributed by atoms with Crippen LogP contribution in [0.1, 0.15) is 5.56 Å². The minimum absolute atomic E-state index is 0.0394. The maximum atomic E-state index is 11.5. The van der Waals surface area contributed by atoms with Crippen molar-refractivity contribution in [3.8, 4) is 5.75 Å². The Labute approximate surface area is 103 Å². The molecule has 18 heavy (non-hydrogen) atoms. The molecule has 0 bridgehead atoms. The highest BCUT2D eigenvalue weighted by Crippen LogP contribution is 2.10. The summed E-state index contributed by atoms with van der Waals surface area (Å²) in [6, 6.07) is 6.41. The second-order valence-electron chi connectivity index (χ2n) is 3.63. The summed E-state index contributed by atoms with van der Waals surface area (Å²) in [4.78, 5) is 15.2. The van der Waals surface area contributed by atoms with Crippen molar-refractivity contribution in [2.75, 3.05) is 5.73 Å². The van der Waals surface area contributed by atoms with Crippen molar-refractivity contribution in [3.05, 3.63) is 36.2 Å². The zero-order valence-corrected chi connectivity index (χ0v) is 9.48. The van der Waals surface area contributed by atoms with E-state index in [2.05, 4.69) is 10.1 Å². The number of phenolic OH excluding ortho intramolecular Hbond substituents is 1. The monoisotopic (exact) mass is 248 g/mol. The molecule has 7 nitrogen and oxygen atoms in total. The molecule has 0 atom stereocenters. The fourth-order valence-electron chi connectivity index (χ4n) is 1.32. The number of aromatic nitrogens is 3. The van der Waals surface area contributed by atoms with E-state index in [1.54, 1.807) is 12.1 Å². The topological polar surface area (TPSA) is 103 Å². The van der Waals surface area contributed by atoms with E-state index in [1.165, 1.54) is 23.1 Å². The molecule has 7 heteroatoms. The summed E-state index contributed by atoms with van der Waals surface area (Å²) in [5, 5.41) is 12.9. The average molecular weight is 248 g/mol. The van der Waals surface area contributed by atoms with Gasteiger partial charge in [0.15, 0.2) is 0 Å². The Morgan fingerprint density at radius 1 is 1.39 bits per heavy atom. The molecule has 94 valence electrons. The first-order valence-corrected chi connectivity index (χ1v) is 5.22. The normalized spacial score (nSPS) is 10.2. The van der Waals surface area contributed by atoms with Gasteiger partial charge >= 0.3 is 5.97 Å². The fourth-order valence-corrected chi connectivity index (χ4v) is 1.32. The third kappa shape index (κ3) is 3.21. The third-order valence-electron chi connectivity index (χ3n) is 2.18. The Bertz CT molecular complexity index is 535. The number of hydrogen-bond acceptors (Lipinski definition) is 6. The van der Waals surface area contributed by atoms with Crippen molar-refractivity contribution in [2.24, 2.45) is 0 Å². The summed E-state index contributed by atoms with van der Waals surface area (Å²) in [5.41, 5.74) is 6.11. The van der Waals surface area contributed by atoms with E-state index < -0.39 is 5.97 Å². The van der Waals surface area contributed by atoms with Crippen LogP contribution in [0.3, 0.4) is 0 Å². The highest BCUT2D eigenvalue weighted by atomic mass is 16.5. The molecule has 1 aromatic carbocycles. The van der Waals surface area contributed by atoms with Crippen LogP contribution in [0.4, 0.5) is 5.95 Å². The molecule has 0 amide bonds. The van der Waals surface area contributed by atoms with E-state index in [-0.39, 0.29) is 24.8 Å². The molecule has 0 unspecified atom stereocenters. The van der Waals surface area contributed by atoms with Crippen molar-refractivity contribution in [3.63, 3.8) is 0 Å². The van der Waals surface area contributed by atoms with Crippen LogP contribution in [-0.4, -0.2) is 25.8 Å². The predicted molar refractivity (Wildman–Crippen MR) is 62.3 cm³/mol. The molecule has 2 aromatic rings. The molecule has 0 saturated carbocycles. The van der Waals surface area contributed by atoms with Gasteiger partial charge in [-0.3, -0.25) is 4.79 Å². The quantitative estimate of drug-likeness (QED) is 0.755. The number of rotatable bonds is 4. The summed E-state index contributed by atoms with van der Waals surface area (Å²) in [6.45, 7) is 0.103. The minimum Gasteiger partial charge on any atom is -0.508 e. The van der Waals surface area contributed by atoms with E-state index in [9.17, 15) is 4.79 Å². The molecule has 0 aliphatic carbocycles. The van der Waals surface area contributed by atoms with Crippen LogP contribution in [-0.2, 0) is 22.7 Å². The van der Waals surface area contributed by atoms with E-state index in [4.69, 9.17) is 15.6 Å². The molecule has 0 aliphatic heterocycles. The summed E-state index contributed by atoms with van der Waals surface area (Å²) in [5.74, 6) is -0.155. The number of nitrogens with zero attached hydrogens (tertiary/aromatic N) is 3. The van der Waals surface area contributed by atoms with Crippen LogP contribution in [0.15, 0.2) is 30.6 Å². The Morgan fingerprint density at radius 3 is 2.72 bits per heavy atom. The summed E-state index contributed by atoms with van der Waals surface area (Å²) in [7, 11) is 0. The molecule has 0 aliphatic rings. The van der Waals surface area contributed by atoms with Crippen LogP contribution >= 0.6 is 0 Å². The van der Waals surface area contributed by atoms with Crippen LogP contribution < -0.4 is 5.73 Å². The van der Waals surface area contributed by atoms with Crippen molar-refractivity contribution in [1.82, 2.24) is 14.8 Å². The van der Waals surface area contributed by atoms with Gasteiger partial charge in [0.25, 0.3) is 0 Å². The van der Waals surface area contributed by atoms with Crippen LogP contribution in [0, 0.1) is 0 Å². The Morgan fingerprint density at radius 2 is 2.11 bits per heavy atom. The van der Waals surface area contributed by atoms with E-state index in [1.807, 2.05) is 0 Å². The average Bonchev–Trinajstić information content (AvgIpc) is 2.74. The smallest absolute Gasteiger partial charge is 0.328 e.